The number of likely N-dealkylation sites (tertiary alicyclic amines) is 1. The molecular formula is C26H26F2N4O3S. The molecule has 4 aliphatic rings. The summed E-state index contributed by atoms with van der Waals surface area (Å²) in [6.45, 7) is 2.18. The van der Waals surface area contributed by atoms with Crippen LogP contribution in [-0.4, -0.2) is 50.9 Å². The normalized spacial score (nSPS) is 27.8. The van der Waals surface area contributed by atoms with E-state index < -0.39 is 10.8 Å². The number of hydrogen-bond acceptors (Lipinski definition) is 6. The number of fused-ring (bicyclic) bond motifs is 2. The van der Waals surface area contributed by atoms with Crippen LogP contribution < -0.4 is 5.32 Å². The second-order valence-electron chi connectivity index (χ2n) is 10.1. The molecule has 3 fully saturated rings. The molecule has 36 heavy (non-hydrogen) atoms. The standard InChI is InChI=1S/C26H26F2N4O3S/c27-32(28)36-18-4-1-15(2-5-18)13-30-10-9-19(21-12-23(21)30)16-3-6-20-17(11-16)14-31(26(20)35)22-7-8-24(33)29-25(22)34/h1-6,11,19,21-23H,7-10,12-14H2,(H,29,33,34). The van der Waals surface area contributed by atoms with Gasteiger partial charge in [-0.15, -0.1) is 0 Å². The van der Waals surface area contributed by atoms with Crippen molar-refractivity contribution in [3.05, 3.63) is 64.7 Å². The molecule has 4 atom stereocenters. The zero-order valence-corrected chi connectivity index (χ0v) is 20.3. The second kappa shape index (κ2) is 9.24. The summed E-state index contributed by atoms with van der Waals surface area (Å²) in [7, 11) is 0. The molecule has 1 aliphatic carbocycles. The van der Waals surface area contributed by atoms with Crippen LogP contribution in [0.15, 0.2) is 47.4 Å². The Morgan fingerprint density at radius 1 is 1.06 bits per heavy atom. The van der Waals surface area contributed by atoms with Crippen LogP contribution in [0.3, 0.4) is 0 Å². The van der Waals surface area contributed by atoms with Gasteiger partial charge in [0.15, 0.2) is 0 Å². The number of halogens is 2. The monoisotopic (exact) mass is 512 g/mol. The lowest BCUT2D eigenvalue weighted by Gasteiger charge is -2.32. The molecule has 0 spiro atoms. The van der Waals surface area contributed by atoms with E-state index in [0.29, 0.717) is 53.3 Å². The van der Waals surface area contributed by atoms with Gasteiger partial charge in [-0.2, -0.15) is 0 Å². The van der Waals surface area contributed by atoms with Crippen LogP contribution in [0, 0.1) is 5.92 Å². The largest absolute Gasteiger partial charge is 0.322 e. The number of piperidine rings is 2. The van der Waals surface area contributed by atoms with Gasteiger partial charge in [0.1, 0.15) is 6.04 Å². The number of nitrogens with zero attached hydrogens (tertiary/aromatic N) is 3. The molecule has 1 N–H and O–H groups in total. The third kappa shape index (κ3) is 4.42. The smallest absolute Gasteiger partial charge is 0.255 e. The van der Waals surface area contributed by atoms with Crippen molar-refractivity contribution in [2.75, 3.05) is 6.54 Å². The van der Waals surface area contributed by atoms with Crippen molar-refractivity contribution in [1.82, 2.24) is 19.9 Å². The second-order valence-corrected chi connectivity index (χ2v) is 11.0. The Labute approximate surface area is 211 Å². The topological polar surface area (TPSA) is 73.0 Å². The zero-order valence-electron chi connectivity index (χ0n) is 19.5. The first-order chi connectivity index (χ1) is 17.4. The van der Waals surface area contributed by atoms with Crippen molar-refractivity contribution in [1.29, 1.82) is 0 Å². The van der Waals surface area contributed by atoms with Crippen LogP contribution in [0.4, 0.5) is 8.96 Å². The summed E-state index contributed by atoms with van der Waals surface area (Å²) >= 11 is 0.406. The Kier molecular flexibility index (Phi) is 6.05. The molecule has 188 valence electrons. The summed E-state index contributed by atoms with van der Waals surface area (Å²) in [6.07, 6.45) is 2.78. The summed E-state index contributed by atoms with van der Waals surface area (Å²) in [4.78, 5) is 41.4. The van der Waals surface area contributed by atoms with E-state index >= 15 is 0 Å². The minimum Gasteiger partial charge on any atom is -0.322 e. The van der Waals surface area contributed by atoms with Crippen molar-refractivity contribution in [3.63, 3.8) is 0 Å². The van der Waals surface area contributed by atoms with Crippen LogP contribution in [0.25, 0.3) is 0 Å². The van der Waals surface area contributed by atoms with Gasteiger partial charge in [0, 0.05) is 48.0 Å². The lowest BCUT2D eigenvalue weighted by atomic mass is 9.86. The molecular weight excluding hydrogens is 486 g/mol. The zero-order chi connectivity index (χ0) is 25.0. The number of imide groups is 1. The molecule has 0 radical (unpaired) electrons. The summed E-state index contributed by atoms with van der Waals surface area (Å²) < 4.78 is 23.9. The fourth-order valence-corrected chi connectivity index (χ4v) is 6.56. The summed E-state index contributed by atoms with van der Waals surface area (Å²) in [5.74, 6) is 0.201. The predicted molar refractivity (Wildman–Crippen MR) is 129 cm³/mol. The van der Waals surface area contributed by atoms with Crippen molar-refractivity contribution >= 4 is 29.7 Å². The molecule has 2 aromatic carbocycles. The Morgan fingerprint density at radius 2 is 1.86 bits per heavy atom. The molecule has 10 heteroatoms. The van der Waals surface area contributed by atoms with Gasteiger partial charge in [-0.1, -0.05) is 33.2 Å². The Morgan fingerprint density at radius 3 is 2.61 bits per heavy atom. The van der Waals surface area contributed by atoms with Gasteiger partial charge in [-0.3, -0.25) is 24.6 Å². The first kappa shape index (κ1) is 23.6. The van der Waals surface area contributed by atoms with E-state index in [0.717, 1.165) is 37.1 Å². The van der Waals surface area contributed by atoms with Crippen LogP contribution in [-0.2, 0) is 22.7 Å². The molecule has 0 aromatic heterocycles. The molecule has 0 bridgehead atoms. The van der Waals surface area contributed by atoms with Gasteiger partial charge in [-0.05, 0) is 72.5 Å². The van der Waals surface area contributed by atoms with Crippen molar-refractivity contribution in [2.45, 2.75) is 61.7 Å². The Balaban J connectivity index is 1.10. The highest BCUT2D eigenvalue weighted by Crippen LogP contribution is 2.52. The Bertz CT molecular complexity index is 1220. The Hall–Kier alpha value is -2.82. The number of carbonyl (C=O) groups excluding carboxylic acids is 3. The van der Waals surface area contributed by atoms with Crippen LogP contribution in [0.1, 0.15) is 58.6 Å². The lowest BCUT2D eigenvalue weighted by molar-refractivity contribution is -0.136. The fraction of sp³-hybridized carbons (Fsp3) is 0.423. The first-order valence-electron chi connectivity index (χ1n) is 12.3. The van der Waals surface area contributed by atoms with Gasteiger partial charge in [0.2, 0.25) is 11.8 Å². The average molecular weight is 513 g/mol. The number of amides is 3. The first-order valence-corrected chi connectivity index (χ1v) is 13.0. The molecule has 6 rings (SSSR count). The minimum absolute atomic E-state index is 0.139. The predicted octanol–water partition coefficient (Wildman–Crippen LogP) is 3.90. The van der Waals surface area contributed by atoms with E-state index in [-0.39, 0.29) is 24.1 Å². The summed E-state index contributed by atoms with van der Waals surface area (Å²) in [5, 5.41) is 2.35. The number of rotatable bonds is 6. The van der Waals surface area contributed by atoms with Gasteiger partial charge < -0.3 is 4.90 Å². The molecule has 2 saturated heterocycles. The van der Waals surface area contributed by atoms with Crippen LogP contribution in [0.5, 0.6) is 0 Å². The van der Waals surface area contributed by atoms with Crippen LogP contribution in [0.2, 0.25) is 0 Å². The third-order valence-corrected chi connectivity index (χ3v) is 8.60. The van der Waals surface area contributed by atoms with E-state index in [2.05, 4.69) is 22.3 Å². The SMILES string of the molecule is O=C1CCC(N2Cc3cc(C4CCN(Cc5ccc(SN(F)F)cc5)C5CC45)ccc3C2=O)C(=O)N1. The maximum absolute atomic E-state index is 13.0. The van der Waals surface area contributed by atoms with Crippen molar-refractivity contribution in [3.8, 4) is 0 Å². The average Bonchev–Trinajstić information content (AvgIpc) is 3.59. The van der Waals surface area contributed by atoms with Crippen molar-refractivity contribution in [2.24, 2.45) is 5.92 Å². The molecule has 7 nitrogen and oxygen atoms in total. The van der Waals surface area contributed by atoms with Gasteiger partial charge in [0.05, 0.1) is 4.75 Å². The minimum atomic E-state index is -0.893. The number of nitrogens with one attached hydrogen (secondary N) is 1. The van der Waals surface area contributed by atoms with E-state index in [9.17, 15) is 23.3 Å². The molecule has 3 aliphatic heterocycles. The molecule has 3 amide bonds. The van der Waals surface area contributed by atoms with E-state index in [4.69, 9.17) is 0 Å². The van der Waals surface area contributed by atoms with Crippen LogP contribution >= 0.6 is 11.9 Å². The highest BCUT2D eigenvalue weighted by Gasteiger charge is 2.50. The quantitative estimate of drug-likeness (QED) is 0.360. The molecule has 4 unspecified atom stereocenters. The van der Waals surface area contributed by atoms with Gasteiger partial charge in [-0.25, -0.2) is 0 Å². The summed E-state index contributed by atoms with van der Waals surface area (Å²) in [5.41, 5.74) is 3.98. The highest BCUT2D eigenvalue weighted by atomic mass is 32.2. The fourth-order valence-electron chi connectivity index (χ4n) is 6.14. The molecule has 2 aromatic rings. The lowest BCUT2D eigenvalue weighted by Crippen LogP contribution is -2.52. The summed E-state index contributed by atoms with van der Waals surface area (Å²) in [6, 6.07) is 13.3. The van der Waals surface area contributed by atoms with E-state index in [1.165, 1.54) is 5.56 Å². The van der Waals surface area contributed by atoms with Crippen molar-refractivity contribution < 1.29 is 23.3 Å². The number of benzene rings is 2. The maximum Gasteiger partial charge on any atom is 0.255 e. The van der Waals surface area contributed by atoms with Gasteiger partial charge in [0.25, 0.3) is 5.91 Å². The number of carbonyl (C=O) groups is 3. The third-order valence-electron chi connectivity index (χ3n) is 7.98. The maximum atomic E-state index is 13.0. The van der Waals surface area contributed by atoms with E-state index in [1.54, 1.807) is 17.0 Å². The van der Waals surface area contributed by atoms with Gasteiger partial charge >= 0.3 is 0 Å². The molecule has 3 heterocycles. The number of hydrogen-bond donors (Lipinski definition) is 1. The van der Waals surface area contributed by atoms with E-state index in [1.807, 2.05) is 18.2 Å². The molecule has 1 saturated carbocycles. The highest BCUT2D eigenvalue weighted by molar-refractivity contribution is 7.96.